The maximum absolute atomic E-state index is 14.5. The van der Waals surface area contributed by atoms with Crippen LogP contribution in [0.4, 0.5) is 17.6 Å². The molecule has 65 heavy (non-hydrogen) atoms. The van der Waals surface area contributed by atoms with Gasteiger partial charge in [0.2, 0.25) is 0 Å². The van der Waals surface area contributed by atoms with Gasteiger partial charge in [0.25, 0.3) is 11.1 Å². The molecule has 7 aromatic rings. The molecule has 2 aliphatic heterocycles. The molecule has 2 aromatic heterocycles. The van der Waals surface area contributed by atoms with E-state index in [4.69, 9.17) is 9.97 Å². The molecular weight excluding hydrogens is 852 g/mol. The number of benzene rings is 5. The summed E-state index contributed by atoms with van der Waals surface area (Å²) in [4.78, 5) is 39.2. The van der Waals surface area contributed by atoms with Crippen molar-refractivity contribution in [1.29, 1.82) is 0 Å². The van der Waals surface area contributed by atoms with E-state index in [1.165, 1.54) is 6.07 Å². The molecule has 0 saturated carbocycles. The molecule has 1 N–H and O–H groups in total. The number of hydrogen-bond acceptors (Lipinski definition) is 6. The summed E-state index contributed by atoms with van der Waals surface area (Å²) in [7, 11) is 0. The lowest BCUT2D eigenvalue weighted by Gasteiger charge is -2.31. The maximum Gasteiger partial charge on any atom is 0.416 e. The summed E-state index contributed by atoms with van der Waals surface area (Å²) in [5, 5.41) is 3.31. The molecule has 0 aliphatic carbocycles. The van der Waals surface area contributed by atoms with Crippen molar-refractivity contribution in [3.8, 4) is 0 Å². The number of aryl methyl sites for hydroxylation is 2. The van der Waals surface area contributed by atoms with Crippen molar-refractivity contribution in [2.24, 2.45) is 0 Å². The standard InChI is InChI=1S/C30H27F4N3O.C22H23N3O.ClH/c1-2-27-35-26-15-16-36(18-22-13-14-23(17-25(22)31)30(32,33)34)19-24(26)29(38)37(27)28(20-9-5-3-6-10-20)21-11-7-4-8-12-21;1-2-20-24-19-13-14-23-15-18(19)22(26)25(20)21(16-9-5-3-6-10-16)17-11-7-4-8-12-17;/h3-14,17,28H,2,15-16,18-19H2,1H3;3-12,21,23H,2,13-15H2,1H3;1H. The van der Waals surface area contributed by atoms with Gasteiger partial charge in [-0.3, -0.25) is 23.6 Å². The lowest BCUT2D eigenvalue weighted by molar-refractivity contribution is -0.137. The SMILES string of the molecule is CCc1nc2c(c(=O)n1C(c1ccccc1)c1ccccc1)CN(Cc1ccc(C(F)(F)F)cc1F)CC2.CCc1nc2c(c(=O)n1C(c1ccccc1)c1ccccc1)CNCC2.Cl. The summed E-state index contributed by atoms with van der Waals surface area (Å²) < 4.78 is 57.1. The Morgan fingerprint density at radius 3 is 1.51 bits per heavy atom. The predicted molar refractivity (Wildman–Crippen MR) is 248 cm³/mol. The molecule has 2 aliphatic rings. The number of nitrogens with one attached hydrogen (secondary N) is 1. The van der Waals surface area contributed by atoms with E-state index in [9.17, 15) is 27.2 Å². The van der Waals surface area contributed by atoms with Crippen molar-refractivity contribution in [2.45, 2.75) is 77.4 Å². The van der Waals surface area contributed by atoms with Crippen LogP contribution in [0.5, 0.6) is 0 Å². The van der Waals surface area contributed by atoms with Crippen LogP contribution >= 0.6 is 12.4 Å². The molecule has 0 bridgehead atoms. The fourth-order valence-electron chi connectivity index (χ4n) is 8.84. The van der Waals surface area contributed by atoms with Gasteiger partial charge in [-0.05, 0) is 34.4 Å². The minimum atomic E-state index is -4.61. The first kappa shape index (κ1) is 46.8. The van der Waals surface area contributed by atoms with E-state index < -0.39 is 17.6 Å². The second kappa shape index (κ2) is 20.7. The Morgan fingerprint density at radius 1 is 0.631 bits per heavy atom. The maximum atomic E-state index is 14.5. The number of rotatable bonds is 10. The molecule has 5 aromatic carbocycles. The number of aromatic nitrogens is 4. The molecule has 0 unspecified atom stereocenters. The fourth-order valence-corrected chi connectivity index (χ4v) is 8.84. The van der Waals surface area contributed by atoms with Gasteiger partial charge in [0.15, 0.2) is 0 Å². The highest BCUT2D eigenvalue weighted by atomic mass is 35.5. The summed E-state index contributed by atoms with van der Waals surface area (Å²) in [5.41, 5.74) is 6.22. The third-order valence-corrected chi connectivity index (χ3v) is 12.0. The number of nitrogens with zero attached hydrogens (tertiary/aromatic N) is 5. The van der Waals surface area contributed by atoms with Crippen LogP contribution in [0, 0.1) is 5.82 Å². The Labute approximate surface area is 382 Å². The van der Waals surface area contributed by atoms with Gasteiger partial charge in [-0.2, -0.15) is 13.2 Å². The number of halogens is 5. The molecule has 0 radical (unpaired) electrons. The third-order valence-electron chi connectivity index (χ3n) is 12.0. The fraction of sp³-hybridized carbons (Fsp3) is 0.269. The van der Waals surface area contributed by atoms with E-state index >= 15 is 0 Å². The van der Waals surface area contributed by atoms with Crippen LogP contribution in [0.2, 0.25) is 0 Å². The summed E-state index contributed by atoms with van der Waals surface area (Å²) in [6, 6.07) is 42.1. The van der Waals surface area contributed by atoms with Crippen LogP contribution in [-0.2, 0) is 51.5 Å². The summed E-state index contributed by atoms with van der Waals surface area (Å²) in [6.45, 7) is 6.38. The normalized spacial score (nSPS) is 13.7. The van der Waals surface area contributed by atoms with Gasteiger partial charge in [0.1, 0.15) is 17.5 Å². The van der Waals surface area contributed by atoms with Crippen molar-refractivity contribution < 1.29 is 17.6 Å². The van der Waals surface area contributed by atoms with E-state index in [1.54, 1.807) is 4.57 Å². The monoisotopic (exact) mass is 902 g/mol. The number of hydrogen-bond donors (Lipinski definition) is 1. The van der Waals surface area contributed by atoms with Gasteiger partial charge in [-0.25, -0.2) is 14.4 Å². The van der Waals surface area contributed by atoms with Crippen LogP contribution in [0.25, 0.3) is 0 Å². The van der Waals surface area contributed by atoms with Gasteiger partial charge in [0.05, 0.1) is 40.2 Å². The van der Waals surface area contributed by atoms with E-state index in [0.29, 0.717) is 43.4 Å². The lowest BCUT2D eigenvalue weighted by atomic mass is 9.97. The van der Waals surface area contributed by atoms with E-state index in [0.717, 1.165) is 70.5 Å². The minimum Gasteiger partial charge on any atom is -0.312 e. The molecule has 0 spiro atoms. The second-order valence-electron chi connectivity index (χ2n) is 16.1. The van der Waals surface area contributed by atoms with E-state index in [-0.39, 0.29) is 54.3 Å². The van der Waals surface area contributed by atoms with Crippen LogP contribution in [0.1, 0.15) is 93.5 Å². The first-order chi connectivity index (χ1) is 31.0. The molecule has 336 valence electrons. The minimum absolute atomic E-state index is 0. The Morgan fingerprint density at radius 2 is 1.08 bits per heavy atom. The zero-order chi connectivity index (χ0) is 44.8. The Hall–Kier alpha value is -6.21. The van der Waals surface area contributed by atoms with Crippen molar-refractivity contribution in [3.05, 3.63) is 234 Å². The molecule has 9 rings (SSSR count). The lowest BCUT2D eigenvalue weighted by Crippen LogP contribution is -2.40. The molecular formula is C52H51ClF4N6O2. The molecule has 13 heteroatoms. The van der Waals surface area contributed by atoms with Gasteiger partial charge >= 0.3 is 6.18 Å². The molecule has 0 atom stereocenters. The van der Waals surface area contributed by atoms with Crippen LogP contribution in [0.3, 0.4) is 0 Å². The summed E-state index contributed by atoms with van der Waals surface area (Å²) >= 11 is 0. The van der Waals surface area contributed by atoms with Gasteiger partial charge in [-0.15, -0.1) is 12.4 Å². The zero-order valence-electron chi connectivity index (χ0n) is 36.3. The van der Waals surface area contributed by atoms with Crippen LogP contribution in [-0.4, -0.2) is 37.1 Å². The van der Waals surface area contributed by atoms with Crippen molar-refractivity contribution in [3.63, 3.8) is 0 Å². The molecule has 0 fully saturated rings. The smallest absolute Gasteiger partial charge is 0.312 e. The zero-order valence-corrected chi connectivity index (χ0v) is 37.1. The van der Waals surface area contributed by atoms with E-state index in [1.807, 2.05) is 113 Å². The van der Waals surface area contributed by atoms with E-state index in [2.05, 4.69) is 36.5 Å². The largest absolute Gasteiger partial charge is 0.416 e. The molecule has 8 nitrogen and oxygen atoms in total. The van der Waals surface area contributed by atoms with Crippen molar-refractivity contribution >= 4 is 12.4 Å². The summed E-state index contributed by atoms with van der Waals surface area (Å²) in [5.74, 6) is 0.637. The van der Waals surface area contributed by atoms with Crippen LogP contribution in [0.15, 0.2) is 149 Å². The number of alkyl halides is 3. The topological polar surface area (TPSA) is 85.1 Å². The average molecular weight is 903 g/mol. The highest BCUT2D eigenvalue weighted by Crippen LogP contribution is 2.32. The summed E-state index contributed by atoms with van der Waals surface area (Å²) in [6.07, 6.45) is -1.99. The van der Waals surface area contributed by atoms with Gasteiger partial charge < -0.3 is 5.32 Å². The second-order valence-corrected chi connectivity index (χ2v) is 16.1. The Kier molecular flexibility index (Phi) is 14.9. The first-order valence-corrected chi connectivity index (χ1v) is 21.8. The molecule has 0 saturated heterocycles. The third kappa shape index (κ3) is 10.2. The van der Waals surface area contributed by atoms with Crippen molar-refractivity contribution in [2.75, 3.05) is 13.1 Å². The Bertz CT molecular complexity index is 2740. The first-order valence-electron chi connectivity index (χ1n) is 21.8. The average Bonchev–Trinajstić information content (AvgIpc) is 3.32. The van der Waals surface area contributed by atoms with Gasteiger partial charge in [-0.1, -0.05) is 141 Å². The molecule has 4 heterocycles. The Balaban J connectivity index is 0.000000204. The molecule has 0 amide bonds. The van der Waals surface area contributed by atoms with Crippen molar-refractivity contribution in [1.82, 2.24) is 29.3 Å². The van der Waals surface area contributed by atoms with Gasteiger partial charge in [0, 0.05) is 64.0 Å². The van der Waals surface area contributed by atoms with Crippen LogP contribution < -0.4 is 16.4 Å². The number of fused-ring (bicyclic) bond motifs is 2. The predicted octanol–water partition coefficient (Wildman–Crippen LogP) is 9.67. The highest BCUT2D eigenvalue weighted by molar-refractivity contribution is 5.85. The highest BCUT2D eigenvalue weighted by Gasteiger charge is 2.32. The quantitative estimate of drug-likeness (QED) is 0.138.